The maximum atomic E-state index is 12.4. The van der Waals surface area contributed by atoms with Crippen LogP contribution >= 0.6 is 8.53 Å². The number of aromatic nitrogens is 2. The molecule has 2 rings (SSSR count). The standard InChI is InChI=1S/C25H38N7O8P/c1-5-19-20(15-22(38-19)32-16-17(2)23(34)30-24(32)35)39-25(36)29-12-7-11-28-21(33)14-18(8-10-27)40-41(31(3)4)37-13-6-9-26/h16,18-20,22H,5-8,11-15H2,1-4H3,(H,28,33)(H,29,36)(H,30,34,35)/t18?,19-,20?,22-,41?/m1/s1. The van der Waals surface area contributed by atoms with Gasteiger partial charge in [-0.05, 0) is 33.9 Å². The number of rotatable bonds is 16. The summed E-state index contributed by atoms with van der Waals surface area (Å²) < 4.78 is 25.8. The molecule has 226 valence electrons. The zero-order chi connectivity index (χ0) is 30.4. The summed E-state index contributed by atoms with van der Waals surface area (Å²) in [4.78, 5) is 50.9. The Labute approximate surface area is 239 Å². The van der Waals surface area contributed by atoms with Crippen LogP contribution in [0.4, 0.5) is 4.79 Å². The minimum absolute atomic E-state index is 0.00393. The Morgan fingerprint density at radius 3 is 2.66 bits per heavy atom. The zero-order valence-corrected chi connectivity index (χ0v) is 24.6. The highest BCUT2D eigenvalue weighted by atomic mass is 31.2. The molecule has 1 aliphatic rings. The van der Waals surface area contributed by atoms with Gasteiger partial charge in [0.1, 0.15) is 12.3 Å². The highest BCUT2D eigenvalue weighted by Gasteiger charge is 2.38. The molecule has 41 heavy (non-hydrogen) atoms. The molecule has 3 N–H and O–H groups in total. The molecule has 0 aliphatic carbocycles. The van der Waals surface area contributed by atoms with Gasteiger partial charge < -0.3 is 29.2 Å². The number of ether oxygens (including phenoxy) is 2. The lowest BCUT2D eigenvalue weighted by atomic mass is 10.1. The van der Waals surface area contributed by atoms with Gasteiger partial charge in [0, 0.05) is 31.3 Å². The first kappa shape index (κ1) is 33.9. The summed E-state index contributed by atoms with van der Waals surface area (Å²) in [5, 5.41) is 23.2. The number of amides is 2. The van der Waals surface area contributed by atoms with Crippen LogP contribution in [0.25, 0.3) is 0 Å². The smallest absolute Gasteiger partial charge is 0.407 e. The Hall–Kier alpha value is -3.33. The largest absolute Gasteiger partial charge is 0.443 e. The van der Waals surface area contributed by atoms with E-state index in [9.17, 15) is 19.2 Å². The first-order valence-electron chi connectivity index (χ1n) is 13.3. The van der Waals surface area contributed by atoms with E-state index in [1.54, 1.807) is 25.7 Å². The Balaban J connectivity index is 1.74. The molecule has 0 radical (unpaired) electrons. The van der Waals surface area contributed by atoms with Crippen molar-refractivity contribution in [2.75, 3.05) is 33.8 Å². The summed E-state index contributed by atoms with van der Waals surface area (Å²) in [5.74, 6) is -0.314. The second kappa shape index (κ2) is 17.5. The maximum absolute atomic E-state index is 12.4. The number of H-pyrrole nitrogens is 1. The predicted molar refractivity (Wildman–Crippen MR) is 147 cm³/mol. The number of nitrogens with zero attached hydrogens (tertiary/aromatic N) is 4. The number of hydrogen-bond acceptors (Lipinski definition) is 11. The lowest BCUT2D eigenvalue weighted by molar-refractivity contribution is -0.122. The van der Waals surface area contributed by atoms with Crippen LogP contribution in [0, 0.1) is 29.6 Å². The van der Waals surface area contributed by atoms with Gasteiger partial charge in [0.2, 0.25) is 5.91 Å². The fraction of sp³-hybridized carbons (Fsp3) is 0.680. The van der Waals surface area contributed by atoms with Crippen molar-refractivity contribution in [3.8, 4) is 12.1 Å². The van der Waals surface area contributed by atoms with E-state index in [1.165, 1.54) is 10.8 Å². The first-order chi connectivity index (χ1) is 19.6. The van der Waals surface area contributed by atoms with E-state index in [2.05, 4.69) is 15.6 Å². The number of aryl methyl sites for hydroxylation is 1. The highest BCUT2D eigenvalue weighted by Crippen LogP contribution is 2.42. The molecule has 0 bridgehead atoms. The van der Waals surface area contributed by atoms with Gasteiger partial charge >= 0.3 is 11.8 Å². The molecule has 1 fully saturated rings. The van der Waals surface area contributed by atoms with E-state index in [-0.39, 0.29) is 51.3 Å². The number of carbonyl (C=O) groups excluding carboxylic acids is 2. The Kier molecular flexibility index (Phi) is 14.4. The molecule has 15 nitrogen and oxygen atoms in total. The monoisotopic (exact) mass is 595 g/mol. The van der Waals surface area contributed by atoms with Gasteiger partial charge in [-0.25, -0.2) is 14.3 Å². The summed E-state index contributed by atoms with van der Waals surface area (Å²) in [6.45, 7) is 4.16. The third-order valence-electron chi connectivity index (χ3n) is 5.96. The van der Waals surface area contributed by atoms with Gasteiger partial charge in [0.25, 0.3) is 14.1 Å². The van der Waals surface area contributed by atoms with Gasteiger partial charge in [-0.15, -0.1) is 0 Å². The summed E-state index contributed by atoms with van der Waals surface area (Å²) in [7, 11) is 1.97. The average Bonchev–Trinajstić information content (AvgIpc) is 3.32. The number of carbonyl (C=O) groups is 2. The van der Waals surface area contributed by atoms with Crippen LogP contribution in [0.3, 0.4) is 0 Å². The van der Waals surface area contributed by atoms with Crippen molar-refractivity contribution in [1.29, 1.82) is 10.5 Å². The molecule has 16 heteroatoms. The van der Waals surface area contributed by atoms with Crippen molar-refractivity contribution >= 4 is 20.5 Å². The van der Waals surface area contributed by atoms with Crippen molar-refractivity contribution in [2.45, 2.75) is 76.9 Å². The summed E-state index contributed by atoms with van der Waals surface area (Å²) in [5.41, 5.74) is -0.699. The van der Waals surface area contributed by atoms with E-state index < -0.39 is 50.4 Å². The zero-order valence-electron chi connectivity index (χ0n) is 23.8. The van der Waals surface area contributed by atoms with Crippen LogP contribution in [-0.4, -0.2) is 78.3 Å². The normalized spacial score (nSPS) is 19.6. The van der Waals surface area contributed by atoms with Gasteiger partial charge in [0.05, 0.1) is 50.2 Å². The van der Waals surface area contributed by atoms with Gasteiger partial charge in [-0.1, -0.05) is 6.92 Å². The van der Waals surface area contributed by atoms with E-state index in [4.69, 9.17) is 29.0 Å². The number of aromatic amines is 1. The number of alkyl carbamates (subject to hydrolysis) is 1. The highest BCUT2D eigenvalue weighted by molar-refractivity contribution is 7.44. The molecule has 1 saturated heterocycles. The number of nitrogens with one attached hydrogen (secondary N) is 3. The maximum Gasteiger partial charge on any atom is 0.407 e. The molecule has 0 saturated carbocycles. The van der Waals surface area contributed by atoms with Crippen LogP contribution in [0.2, 0.25) is 0 Å². The summed E-state index contributed by atoms with van der Waals surface area (Å²) in [6.07, 6.45) is -0.197. The Morgan fingerprint density at radius 1 is 1.27 bits per heavy atom. The second-order valence-corrected chi connectivity index (χ2v) is 11.2. The Morgan fingerprint density at radius 2 is 2.00 bits per heavy atom. The van der Waals surface area contributed by atoms with Crippen LogP contribution < -0.4 is 21.9 Å². The fourth-order valence-corrected chi connectivity index (χ4v) is 5.04. The quantitative estimate of drug-likeness (QED) is 0.185. The fourth-order valence-electron chi connectivity index (χ4n) is 3.91. The van der Waals surface area contributed by atoms with E-state index in [0.29, 0.717) is 18.4 Å². The SMILES string of the molecule is CC[C@H]1O[C@@H](n2cc(C)c(=O)[nH]c2=O)CC1OC(=O)NCCCNC(=O)CC(CC#N)OP(OCCC#N)N(C)C. The molecular formula is C25H38N7O8P. The van der Waals surface area contributed by atoms with Crippen LogP contribution in [-0.2, 0) is 23.3 Å². The first-order valence-corrected chi connectivity index (χ1v) is 14.4. The van der Waals surface area contributed by atoms with Crippen molar-refractivity contribution in [2.24, 2.45) is 0 Å². The Bertz CT molecular complexity index is 1210. The van der Waals surface area contributed by atoms with Crippen LogP contribution in [0.1, 0.15) is 57.2 Å². The molecule has 1 aromatic rings. The molecular weight excluding hydrogens is 557 g/mol. The second-order valence-electron chi connectivity index (χ2n) is 9.45. The molecule has 1 aromatic heterocycles. The van der Waals surface area contributed by atoms with Gasteiger partial charge in [0.15, 0.2) is 0 Å². The predicted octanol–water partition coefficient (Wildman–Crippen LogP) is 1.55. The van der Waals surface area contributed by atoms with E-state index in [0.717, 1.165) is 0 Å². The molecule has 0 aromatic carbocycles. The van der Waals surface area contributed by atoms with Crippen LogP contribution in [0.5, 0.6) is 0 Å². The van der Waals surface area contributed by atoms with Gasteiger partial charge in [-0.2, -0.15) is 10.5 Å². The molecule has 3 unspecified atom stereocenters. The summed E-state index contributed by atoms with van der Waals surface area (Å²) in [6, 6.07) is 3.99. The molecule has 2 heterocycles. The third kappa shape index (κ3) is 11.2. The molecule has 5 atom stereocenters. The number of nitriles is 2. The molecule has 0 spiro atoms. The van der Waals surface area contributed by atoms with Crippen molar-refractivity contribution in [3.63, 3.8) is 0 Å². The average molecular weight is 596 g/mol. The van der Waals surface area contributed by atoms with Crippen molar-refractivity contribution in [3.05, 3.63) is 32.6 Å². The van der Waals surface area contributed by atoms with E-state index in [1.807, 2.05) is 19.1 Å². The van der Waals surface area contributed by atoms with Crippen molar-refractivity contribution in [1.82, 2.24) is 24.9 Å². The summed E-state index contributed by atoms with van der Waals surface area (Å²) >= 11 is 0. The lowest BCUT2D eigenvalue weighted by Gasteiger charge is -2.26. The van der Waals surface area contributed by atoms with E-state index >= 15 is 0 Å². The number of hydrogen-bond donors (Lipinski definition) is 3. The topological polar surface area (TPSA) is 201 Å². The van der Waals surface area contributed by atoms with Crippen molar-refractivity contribution < 1.29 is 28.1 Å². The van der Waals surface area contributed by atoms with Gasteiger partial charge in [-0.3, -0.25) is 19.1 Å². The molecule has 1 aliphatic heterocycles. The minimum atomic E-state index is -1.52. The molecule has 2 amide bonds. The lowest BCUT2D eigenvalue weighted by Crippen LogP contribution is -2.35. The third-order valence-corrected chi connectivity index (χ3v) is 7.49. The minimum Gasteiger partial charge on any atom is -0.443 e. The van der Waals surface area contributed by atoms with Crippen LogP contribution in [0.15, 0.2) is 15.8 Å².